The van der Waals surface area contributed by atoms with Gasteiger partial charge in [-0.2, -0.15) is 4.99 Å². The number of hydrogen-bond acceptors (Lipinski definition) is 5. The van der Waals surface area contributed by atoms with Gasteiger partial charge in [-0.05, 0) is 55.3 Å². The van der Waals surface area contributed by atoms with Gasteiger partial charge in [0.15, 0.2) is 11.6 Å². The molecular formula is C27H29FN4O3. The SMILES string of the molecule is CC.COc1cc(/C=C2\OCCN3C2=NC(=O)C3(C)c2ccc(F)cc2)ccc1-n1cnc(C)c1. The van der Waals surface area contributed by atoms with Crippen molar-refractivity contribution in [1.82, 2.24) is 14.5 Å². The van der Waals surface area contributed by atoms with Crippen molar-refractivity contribution in [3.63, 3.8) is 0 Å². The highest BCUT2D eigenvalue weighted by atomic mass is 19.1. The predicted molar refractivity (Wildman–Crippen MR) is 133 cm³/mol. The molecule has 1 fully saturated rings. The van der Waals surface area contributed by atoms with Crippen LogP contribution in [0.3, 0.4) is 0 Å². The second kappa shape index (κ2) is 9.74. The summed E-state index contributed by atoms with van der Waals surface area (Å²) in [7, 11) is 1.62. The highest BCUT2D eigenvalue weighted by molar-refractivity contribution is 6.14. The van der Waals surface area contributed by atoms with Gasteiger partial charge in [-0.3, -0.25) is 4.79 Å². The third kappa shape index (κ3) is 4.32. The number of amides is 1. The van der Waals surface area contributed by atoms with Crippen LogP contribution in [0.2, 0.25) is 0 Å². The van der Waals surface area contributed by atoms with Gasteiger partial charge < -0.3 is 18.9 Å². The van der Waals surface area contributed by atoms with Crippen LogP contribution < -0.4 is 4.74 Å². The number of carbonyl (C=O) groups excluding carboxylic acids is 1. The molecule has 182 valence electrons. The van der Waals surface area contributed by atoms with Crippen molar-refractivity contribution < 1.29 is 18.7 Å². The fraction of sp³-hybridized carbons (Fsp3) is 0.296. The number of aliphatic imine (C=N–C) groups is 1. The molecule has 1 saturated heterocycles. The summed E-state index contributed by atoms with van der Waals surface area (Å²) in [6.45, 7) is 8.64. The molecule has 1 amide bonds. The van der Waals surface area contributed by atoms with Gasteiger partial charge >= 0.3 is 0 Å². The van der Waals surface area contributed by atoms with Gasteiger partial charge in [0.05, 0.1) is 31.4 Å². The number of fused-ring (bicyclic) bond motifs is 1. The Morgan fingerprint density at radius 3 is 2.57 bits per heavy atom. The lowest BCUT2D eigenvalue weighted by Crippen LogP contribution is -2.50. The number of carbonyl (C=O) groups is 1. The van der Waals surface area contributed by atoms with Crippen LogP contribution in [0.25, 0.3) is 11.8 Å². The minimum Gasteiger partial charge on any atom is -0.495 e. The molecule has 3 aromatic rings. The maximum Gasteiger partial charge on any atom is 0.278 e. The van der Waals surface area contributed by atoms with Crippen molar-refractivity contribution in [1.29, 1.82) is 0 Å². The average molecular weight is 477 g/mol. The number of nitrogens with zero attached hydrogens (tertiary/aromatic N) is 4. The van der Waals surface area contributed by atoms with Gasteiger partial charge in [0, 0.05) is 6.20 Å². The fourth-order valence-electron chi connectivity index (χ4n) is 4.28. The maximum atomic E-state index is 13.5. The summed E-state index contributed by atoms with van der Waals surface area (Å²) >= 11 is 0. The van der Waals surface area contributed by atoms with Crippen LogP contribution in [0.5, 0.6) is 5.75 Å². The van der Waals surface area contributed by atoms with E-state index in [1.165, 1.54) is 12.1 Å². The molecule has 0 saturated carbocycles. The fourth-order valence-corrected chi connectivity index (χ4v) is 4.28. The number of imidazole rings is 1. The number of aromatic nitrogens is 2. The number of halogens is 1. The number of rotatable bonds is 4. The van der Waals surface area contributed by atoms with E-state index in [1.54, 1.807) is 25.6 Å². The minimum atomic E-state index is -1.01. The Morgan fingerprint density at radius 2 is 1.91 bits per heavy atom. The van der Waals surface area contributed by atoms with Crippen LogP contribution in [-0.2, 0) is 15.1 Å². The van der Waals surface area contributed by atoms with Gasteiger partial charge in [-0.15, -0.1) is 0 Å². The zero-order valence-corrected chi connectivity index (χ0v) is 20.6. The Bertz CT molecular complexity index is 1300. The average Bonchev–Trinajstić information content (AvgIpc) is 3.42. The largest absolute Gasteiger partial charge is 0.495 e. The second-order valence-corrected chi connectivity index (χ2v) is 8.18. The summed E-state index contributed by atoms with van der Waals surface area (Å²) in [4.78, 5) is 23.5. The molecule has 0 spiro atoms. The first-order valence-corrected chi connectivity index (χ1v) is 11.6. The summed E-state index contributed by atoms with van der Waals surface area (Å²) in [5.41, 5.74) is 2.30. The number of methoxy groups -OCH3 is 1. The molecule has 2 aliphatic rings. The van der Waals surface area contributed by atoms with E-state index in [4.69, 9.17) is 9.47 Å². The molecule has 0 N–H and O–H groups in total. The van der Waals surface area contributed by atoms with Crippen molar-refractivity contribution in [2.75, 3.05) is 20.3 Å². The smallest absolute Gasteiger partial charge is 0.278 e. The van der Waals surface area contributed by atoms with E-state index in [-0.39, 0.29) is 11.7 Å². The summed E-state index contributed by atoms with van der Waals surface area (Å²) in [6, 6.07) is 11.8. The highest BCUT2D eigenvalue weighted by Gasteiger charge is 2.50. The maximum absolute atomic E-state index is 13.5. The van der Waals surface area contributed by atoms with Crippen LogP contribution >= 0.6 is 0 Å². The number of morpholine rings is 1. The first-order valence-electron chi connectivity index (χ1n) is 11.6. The van der Waals surface area contributed by atoms with Gasteiger partial charge in [0.25, 0.3) is 5.91 Å². The standard InChI is InChI=1S/C25H23FN4O3.C2H6/c1-16-14-29(15-27-16)20-9-4-17(12-21(20)32-3)13-22-23-28-24(31)25(2,30(23)10-11-33-22)18-5-7-19(26)8-6-18;1-2/h4-9,12-15H,10-11H2,1-3H3;1-2H3/b22-13-;. The van der Waals surface area contributed by atoms with Crippen molar-refractivity contribution in [3.8, 4) is 11.4 Å². The first-order chi connectivity index (χ1) is 16.9. The van der Waals surface area contributed by atoms with E-state index >= 15 is 0 Å². The van der Waals surface area contributed by atoms with Crippen molar-refractivity contribution in [3.05, 3.63) is 83.4 Å². The molecule has 2 aromatic carbocycles. The second-order valence-electron chi connectivity index (χ2n) is 8.18. The summed E-state index contributed by atoms with van der Waals surface area (Å²) in [6.07, 6.45) is 5.51. The van der Waals surface area contributed by atoms with Crippen LogP contribution in [0.1, 0.15) is 37.6 Å². The predicted octanol–water partition coefficient (Wildman–Crippen LogP) is 4.88. The number of aryl methyl sites for hydroxylation is 1. The zero-order valence-electron chi connectivity index (χ0n) is 20.6. The van der Waals surface area contributed by atoms with E-state index < -0.39 is 5.54 Å². The van der Waals surface area contributed by atoms with Gasteiger partial charge in [0.2, 0.25) is 0 Å². The Labute approximate surface area is 204 Å². The molecule has 8 heteroatoms. The molecule has 0 bridgehead atoms. The Hall–Kier alpha value is -3.94. The third-order valence-electron chi connectivity index (χ3n) is 6.11. The van der Waals surface area contributed by atoms with Crippen molar-refractivity contribution in [2.45, 2.75) is 33.2 Å². The van der Waals surface area contributed by atoms with Crippen molar-refractivity contribution in [2.24, 2.45) is 4.99 Å². The molecule has 0 aliphatic carbocycles. The topological polar surface area (TPSA) is 69.0 Å². The summed E-state index contributed by atoms with van der Waals surface area (Å²) < 4.78 is 26.9. The number of amidine groups is 1. The first kappa shape index (κ1) is 24.2. The molecule has 1 unspecified atom stereocenters. The minimum absolute atomic E-state index is 0.302. The lowest BCUT2D eigenvalue weighted by Gasteiger charge is -2.38. The van der Waals surface area contributed by atoms with E-state index in [0.717, 1.165) is 16.9 Å². The van der Waals surface area contributed by atoms with E-state index in [2.05, 4.69) is 9.98 Å². The quantitative estimate of drug-likeness (QED) is 0.537. The van der Waals surface area contributed by atoms with Gasteiger partial charge in [0.1, 0.15) is 23.7 Å². The number of hydrogen-bond donors (Lipinski definition) is 0. The monoisotopic (exact) mass is 476 g/mol. The molecule has 1 atom stereocenters. The van der Waals surface area contributed by atoms with E-state index in [0.29, 0.717) is 36.1 Å². The van der Waals surface area contributed by atoms with Crippen LogP contribution in [0.4, 0.5) is 4.39 Å². The van der Waals surface area contributed by atoms with E-state index in [9.17, 15) is 9.18 Å². The van der Waals surface area contributed by atoms with Gasteiger partial charge in [-0.25, -0.2) is 9.37 Å². The Balaban J connectivity index is 0.00000141. The molecule has 0 radical (unpaired) electrons. The molecule has 5 rings (SSSR count). The molecule has 1 aromatic heterocycles. The van der Waals surface area contributed by atoms with Crippen molar-refractivity contribution >= 4 is 17.8 Å². The molecule has 2 aliphatic heterocycles. The molecular weight excluding hydrogens is 447 g/mol. The normalized spacial score (nSPS) is 20.1. The highest BCUT2D eigenvalue weighted by Crippen LogP contribution is 2.38. The summed E-state index contributed by atoms with van der Waals surface area (Å²) in [5.74, 6) is 1.01. The van der Waals surface area contributed by atoms with Crippen LogP contribution in [0.15, 0.2) is 65.7 Å². The Kier molecular flexibility index (Phi) is 6.73. The lowest BCUT2D eigenvalue weighted by molar-refractivity contribution is -0.125. The molecule has 3 heterocycles. The number of benzene rings is 2. The third-order valence-corrected chi connectivity index (χ3v) is 6.11. The van der Waals surface area contributed by atoms with Gasteiger partial charge in [-0.1, -0.05) is 32.0 Å². The zero-order chi connectivity index (χ0) is 25.2. The van der Waals surface area contributed by atoms with E-state index in [1.807, 2.05) is 67.6 Å². The molecule has 35 heavy (non-hydrogen) atoms. The van der Waals surface area contributed by atoms with Crippen LogP contribution in [0, 0.1) is 12.7 Å². The Morgan fingerprint density at radius 1 is 1.17 bits per heavy atom. The molecule has 7 nitrogen and oxygen atoms in total. The summed E-state index contributed by atoms with van der Waals surface area (Å²) in [5, 5.41) is 0. The lowest BCUT2D eigenvalue weighted by atomic mass is 9.90. The number of ether oxygens (including phenoxy) is 2. The van der Waals surface area contributed by atoms with Crippen LogP contribution in [-0.4, -0.2) is 46.5 Å².